The number of nitrogens with zero attached hydrogens (tertiary/aromatic N) is 3. The van der Waals surface area contributed by atoms with Crippen LogP contribution in [0.25, 0.3) is 22.5 Å². The van der Waals surface area contributed by atoms with E-state index in [0.29, 0.717) is 0 Å². The van der Waals surface area contributed by atoms with Crippen molar-refractivity contribution < 1.29 is 0 Å². The minimum Gasteiger partial charge on any atom is -0.130 e. The van der Waals surface area contributed by atoms with Crippen molar-refractivity contribution in [3.63, 3.8) is 0 Å². The average Bonchev–Trinajstić information content (AvgIpc) is 2.58. The zero-order valence-corrected chi connectivity index (χ0v) is 15.2. The smallest absolute Gasteiger partial charge is 0.0972 e. The van der Waals surface area contributed by atoms with Gasteiger partial charge >= 0.3 is 0 Å². The molecule has 0 radical (unpaired) electrons. The van der Waals surface area contributed by atoms with Gasteiger partial charge in [0.05, 0.1) is 11.4 Å². The van der Waals surface area contributed by atoms with Gasteiger partial charge in [-0.2, -0.15) is 0 Å². The van der Waals surface area contributed by atoms with Gasteiger partial charge in [-0.25, -0.2) is 0 Å². The molecule has 0 spiro atoms. The van der Waals surface area contributed by atoms with Gasteiger partial charge in [-0.3, -0.25) is 0 Å². The minimum atomic E-state index is 0.873. The summed E-state index contributed by atoms with van der Waals surface area (Å²) in [5.41, 5.74) is 11.7. The van der Waals surface area contributed by atoms with Gasteiger partial charge in [0.2, 0.25) is 0 Å². The fraction of sp³-hybridized carbons (Fsp3) is 0.286. The number of rotatable bonds is 2. The lowest BCUT2D eigenvalue weighted by Crippen LogP contribution is -1.99. The van der Waals surface area contributed by atoms with Gasteiger partial charge in [0, 0.05) is 11.1 Å². The van der Waals surface area contributed by atoms with E-state index in [2.05, 4.69) is 81.2 Å². The predicted octanol–water partition coefficient (Wildman–Crippen LogP) is 5.06. The molecule has 0 amide bonds. The fourth-order valence-corrected chi connectivity index (χ4v) is 3.04. The second kappa shape index (κ2) is 6.16. The average molecular weight is 317 g/mol. The molecule has 3 heteroatoms. The van der Waals surface area contributed by atoms with Gasteiger partial charge in [0.1, 0.15) is 0 Å². The first kappa shape index (κ1) is 16.3. The van der Waals surface area contributed by atoms with Crippen LogP contribution in [-0.4, -0.2) is 15.4 Å². The molecule has 3 nitrogen and oxygen atoms in total. The Kier molecular flexibility index (Phi) is 4.18. The van der Waals surface area contributed by atoms with E-state index in [4.69, 9.17) is 0 Å². The van der Waals surface area contributed by atoms with Crippen molar-refractivity contribution in [2.75, 3.05) is 0 Å². The Labute approximate surface area is 143 Å². The minimum absolute atomic E-state index is 0.873. The molecule has 24 heavy (non-hydrogen) atoms. The lowest BCUT2D eigenvalue weighted by atomic mass is 9.94. The molecule has 0 aliphatic heterocycles. The highest BCUT2D eigenvalue weighted by molar-refractivity contribution is 5.72. The molecule has 0 aliphatic carbocycles. The van der Waals surface area contributed by atoms with Crippen LogP contribution in [0.3, 0.4) is 0 Å². The lowest BCUT2D eigenvalue weighted by Gasteiger charge is -2.13. The Morgan fingerprint density at radius 3 is 1.38 bits per heavy atom. The topological polar surface area (TPSA) is 38.7 Å². The van der Waals surface area contributed by atoms with Crippen LogP contribution in [0.5, 0.6) is 0 Å². The molecule has 122 valence electrons. The quantitative estimate of drug-likeness (QED) is 0.663. The summed E-state index contributed by atoms with van der Waals surface area (Å²) < 4.78 is 0. The van der Waals surface area contributed by atoms with E-state index < -0.39 is 0 Å². The lowest BCUT2D eigenvalue weighted by molar-refractivity contribution is 0.874. The molecule has 0 unspecified atom stereocenters. The zero-order chi connectivity index (χ0) is 17.4. The van der Waals surface area contributed by atoms with Gasteiger partial charge < -0.3 is 0 Å². The van der Waals surface area contributed by atoms with Crippen LogP contribution in [0.2, 0.25) is 0 Å². The van der Waals surface area contributed by atoms with E-state index >= 15 is 0 Å². The fourth-order valence-electron chi connectivity index (χ4n) is 3.04. The van der Waals surface area contributed by atoms with E-state index in [1.165, 1.54) is 33.4 Å². The molecule has 0 atom stereocenters. The highest BCUT2D eigenvalue weighted by Gasteiger charge is 2.12. The summed E-state index contributed by atoms with van der Waals surface area (Å²) in [5, 5.41) is 12.6. The predicted molar refractivity (Wildman–Crippen MR) is 99.1 cm³/mol. The monoisotopic (exact) mass is 317 g/mol. The van der Waals surface area contributed by atoms with Gasteiger partial charge in [-0.1, -0.05) is 24.3 Å². The molecular formula is C21H23N3. The summed E-state index contributed by atoms with van der Waals surface area (Å²) >= 11 is 0. The van der Waals surface area contributed by atoms with Gasteiger partial charge in [-0.05, 0) is 86.2 Å². The third-order valence-corrected chi connectivity index (χ3v) is 5.25. The number of aryl methyl sites for hydroxylation is 2. The third-order valence-electron chi connectivity index (χ3n) is 5.25. The first-order chi connectivity index (χ1) is 11.4. The molecule has 0 aliphatic rings. The Morgan fingerprint density at radius 2 is 0.958 bits per heavy atom. The Hall–Kier alpha value is -2.55. The standard InChI is InChI=1S/C21H23N3/c1-12-7-9-18(16(5)14(12)3)20-11-21(23-24-22-20)19-10-8-13(2)15(4)17(19)6/h7-11H,1-6H3. The molecular weight excluding hydrogens is 294 g/mol. The first-order valence-corrected chi connectivity index (χ1v) is 8.25. The van der Waals surface area contributed by atoms with Crippen molar-refractivity contribution in [3.05, 3.63) is 63.7 Å². The van der Waals surface area contributed by atoms with Crippen LogP contribution in [0.1, 0.15) is 33.4 Å². The van der Waals surface area contributed by atoms with Crippen molar-refractivity contribution in [1.29, 1.82) is 0 Å². The zero-order valence-electron chi connectivity index (χ0n) is 15.2. The molecule has 0 saturated heterocycles. The summed E-state index contributed by atoms with van der Waals surface area (Å²) in [6.45, 7) is 12.8. The SMILES string of the molecule is Cc1ccc(-c2cc(-c3ccc(C)c(C)c3C)nnn2)c(C)c1C. The van der Waals surface area contributed by atoms with Crippen molar-refractivity contribution in [2.24, 2.45) is 0 Å². The van der Waals surface area contributed by atoms with Crippen LogP contribution in [-0.2, 0) is 0 Å². The van der Waals surface area contributed by atoms with Gasteiger partial charge in [-0.15, -0.1) is 10.2 Å². The Morgan fingerprint density at radius 1 is 0.542 bits per heavy atom. The number of hydrogen-bond acceptors (Lipinski definition) is 3. The highest BCUT2D eigenvalue weighted by Crippen LogP contribution is 2.30. The number of benzene rings is 2. The number of aromatic nitrogens is 3. The van der Waals surface area contributed by atoms with E-state index in [0.717, 1.165) is 22.5 Å². The molecule has 0 bridgehead atoms. The van der Waals surface area contributed by atoms with Crippen LogP contribution in [0, 0.1) is 41.5 Å². The van der Waals surface area contributed by atoms with Crippen LogP contribution >= 0.6 is 0 Å². The van der Waals surface area contributed by atoms with Crippen molar-refractivity contribution in [2.45, 2.75) is 41.5 Å². The summed E-state index contributed by atoms with van der Waals surface area (Å²) in [6.07, 6.45) is 0. The summed E-state index contributed by atoms with van der Waals surface area (Å²) in [5.74, 6) is 0. The maximum Gasteiger partial charge on any atom is 0.0972 e. The highest BCUT2D eigenvalue weighted by atomic mass is 15.3. The molecule has 0 fully saturated rings. The second-order valence-electron chi connectivity index (χ2n) is 6.56. The maximum absolute atomic E-state index is 4.28. The molecule has 0 saturated carbocycles. The van der Waals surface area contributed by atoms with Crippen LogP contribution in [0.4, 0.5) is 0 Å². The van der Waals surface area contributed by atoms with E-state index in [-0.39, 0.29) is 0 Å². The molecule has 1 heterocycles. The van der Waals surface area contributed by atoms with Gasteiger partial charge in [0.25, 0.3) is 0 Å². The summed E-state index contributed by atoms with van der Waals surface area (Å²) in [7, 11) is 0. The Bertz CT molecular complexity index is 854. The largest absolute Gasteiger partial charge is 0.130 e. The first-order valence-electron chi connectivity index (χ1n) is 8.25. The summed E-state index contributed by atoms with van der Waals surface area (Å²) in [4.78, 5) is 0. The Balaban J connectivity index is 2.15. The van der Waals surface area contributed by atoms with Crippen LogP contribution < -0.4 is 0 Å². The molecule has 3 rings (SSSR count). The van der Waals surface area contributed by atoms with E-state index in [9.17, 15) is 0 Å². The van der Waals surface area contributed by atoms with Gasteiger partial charge in [0.15, 0.2) is 0 Å². The van der Waals surface area contributed by atoms with Crippen LogP contribution in [0.15, 0.2) is 30.3 Å². The molecule has 3 aromatic rings. The van der Waals surface area contributed by atoms with E-state index in [1.54, 1.807) is 0 Å². The molecule has 0 N–H and O–H groups in total. The summed E-state index contributed by atoms with van der Waals surface area (Å²) in [6, 6.07) is 10.6. The normalized spacial score (nSPS) is 10.9. The van der Waals surface area contributed by atoms with Crippen molar-refractivity contribution >= 4 is 0 Å². The second-order valence-corrected chi connectivity index (χ2v) is 6.56. The maximum atomic E-state index is 4.28. The van der Waals surface area contributed by atoms with Crippen molar-refractivity contribution in [3.8, 4) is 22.5 Å². The van der Waals surface area contributed by atoms with Crippen molar-refractivity contribution in [1.82, 2.24) is 15.4 Å². The third kappa shape index (κ3) is 2.71. The molecule has 2 aromatic carbocycles. The van der Waals surface area contributed by atoms with E-state index in [1.807, 2.05) is 6.07 Å². The molecule has 1 aromatic heterocycles. The number of hydrogen-bond donors (Lipinski definition) is 0.